The topological polar surface area (TPSA) is 169 Å². The van der Waals surface area contributed by atoms with Gasteiger partial charge in [-0.2, -0.15) is 0 Å². The maximum Gasteiger partial charge on any atom is 0.408 e. The standard InChI is InChI=1S/C33H58N4O9/c1-14-15-21(24(39)27(41)34-17-16-23(38)45-32(8,9)10)35-26(40)22-18-20(44-31(5,6)7)19-37(22)28(42)25(30(2,3)4)36-29(43)46-33(11,12)13/h20-22,25H,14-19H2,1-13H3,(H,34,41)(H,35,40)(H,36,43)/t20-,21?,22?,25-/m1/s1. The third-order valence-corrected chi connectivity index (χ3v) is 6.61. The van der Waals surface area contributed by atoms with Crippen molar-refractivity contribution < 1.29 is 43.0 Å². The first-order valence-electron chi connectivity index (χ1n) is 16.1. The first kappa shape index (κ1) is 40.8. The molecule has 4 amide bonds. The molecule has 0 saturated carbocycles. The molecule has 0 aromatic carbocycles. The summed E-state index contributed by atoms with van der Waals surface area (Å²) >= 11 is 0. The van der Waals surface area contributed by atoms with E-state index in [1.165, 1.54) is 4.90 Å². The Balaban J connectivity index is 3.20. The Hall–Kier alpha value is -3.22. The van der Waals surface area contributed by atoms with E-state index in [0.29, 0.717) is 6.42 Å². The number of esters is 1. The molecule has 0 aromatic heterocycles. The number of nitrogens with one attached hydrogen (secondary N) is 3. The zero-order valence-corrected chi connectivity index (χ0v) is 30.2. The summed E-state index contributed by atoms with van der Waals surface area (Å²) in [7, 11) is 0. The van der Waals surface area contributed by atoms with Gasteiger partial charge >= 0.3 is 12.1 Å². The third-order valence-electron chi connectivity index (χ3n) is 6.61. The van der Waals surface area contributed by atoms with Crippen LogP contribution in [0.1, 0.15) is 116 Å². The van der Waals surface area contributed by atoms with Crippen LogP contribution in [0.3, 0.4) is 0 Å². The SMILES string of the molecule is CCCC(NC(=O)C1C[C@@H](OC(C)(C)C)CN1C(=O)[C@@H](NC(=O)OC(C)(C)C)C(C)(C)C)C(=O)C(=O)NCCC(=O)OC(C)(C)C. The maximum absolute atomic E-state index is 14.1. The smallest absolute Gasteiger partial charge is 0.408 e. The van der Waals surface area contributed by atoms with E-state index in [0.717, 1.165) is 0 Å². The predicted molar refractivity (Wildman–Crippen MR) is 173 cm³/mol. The molecule has 1 aliphatic rings. The van der Waals surface area contributed by atoms with Gasteiger partial charge in [0.25, 0.3) is 5.91 Å². The number of ketones is 1. The fourth-order valence-corrected chi connectivity index (χ4v) is 4.86. The Morgan fingerprint density at radius 3 is 1.85 bits per heavy atom. The minimum absolute atomic E-state index is 0.0777. The van der Waals surface area contributed by atoms with Gasteiger partial charge in [-0.05, 0) is 74.1 Å². The van der Waals surface area contributed by atoms with E-state index in [4.69, 9.17) is 14.2 Å². The molecule has 264 valence electrons. The van der Waals surface area contributed by atoms with Crippen LogP contribution in [0, 0.1) is 5.41 Å². The molecule has 2 unspecified atom stereocenters. The van der Waals surface area contributed by atoms with Crippen LogP contribution in [0.4, 0.5) is 4.79 Å². The molecule has 13 heteroatoms. The number of carbonyl (C=O) groups is 6. The summed E-state index contributed by atoms with van der Waals surface area (Å²) in [4.78, 5) is 79.8. The Labute approximate surface area is 274 Å². The van der Waals surface area contributed by atoms with E-state index in [-0.39, 0.29) is 32.4 Å². The number of rotatable bonds is 12. The molecule has 0 bridgehead atoms. The van der Waals surface area contributed by atoms with Gasteiger partial charge < -0.3 is 35.1 Å². The summed E-state index contributed by atoms with van der Waals surface area (Å²) in [6.45, 7) is 23.1. The van der Waals surface area contributed by atoms with Crippen LogP contribution in [-0.4, -0.2) is 94.6 Å². The lowest BCUT2D eigenvalue weighted by Crippen LogP contribution is -2.59. The van der Waals surface area contributed by atoms with Gasteiger partial charge in [-0.15, -0.1) is 0 Å². The highest BCUT2D eigenvalue weighted by atomic mass is 16.6. The van der Waals surface area contributed by atoms with Crippen molar-refractivity contribution in [3.05, 3.63) is 0 Å². The van der Waals surface area contributed by atoms with Gasteiger partial charge in [0.05, 0.1) is 24.2 Å². The fourth-order valence-electron chi connectivity index (χ4n) is 4.86. The number of nitrogens with zero attached hydrogens (tertiary/aromatic N) is 1. The highest BCUT2D eigenvalue weighted by Gasteiger charge is 2.47. The molecule has 3 N–H and O–H groups in total. The Morgan fingerprint density at radius 2 is 1.37 bits per heavy atom. The van der Waals surface area contributed by atoms with Crippen LogP contribution in [-0.2, 0) is 38.2 Å². The van der Waals surface area contributed by atoms with Gasteiger partial charge in [0.1, 0.15) is 23.3 Å². The normalized spacial score (nSPS) is 18.7. The number of likely N-dealkylation sites (tertiary alicyclic amines) is 1. The van der Waals surface area contributed by atoms with Crippen molar-refractivity contribution in [1.29, 1.82) is 0 Å². The average Bonchev–Trinajstić information content (AvgIpc) is 3.25. The van der Waals surface area contributed by atoms with Crippen LogP contribution in [0.2, 0.25) is 0 Å². The second kappa shape index (κ2) is 16.1. The van der Waals surface area contributed by atoms with Crippen LogP contribution < -0.4 is 16.0 Å². The predicted octanol–water partition coefficient (Wildman–Crippen LogP) is 3.41. The first-order chi connectivity index (χ1) is 20.7. The lowest BCUT2D eigenvalue weighted by Gasteiger charge is -2.36. The Morgan fingerprint density at radius 1 is 0.804 bits per heavy atom. The molecule has 0 aliphatic carbocycles. The van der Waals surface area contributed by atoms with Crippen molar-refractivity contribution in [3.8, 4) is 0 Å². The minimum atomic E-state index is -1.16. The highest BCUT2D eigenvalue weighted by molar-refractivity contribution is 6.38. The van der Waals surface area contributed by atoms with Crippen molar-refractivity contribution in [2.75, 3.05) is 13.1 Å². The van der Waals surface area contributed by atoms with Crippen molar-refractivity contribution in [1.82, 2.24) is 20.9 Å². The maximum atomic E-state index is 14.1. The van der Waals surface area contributed by atoms with E-state index in [9.17, 15) is 28.8 Å². The number of amides is 4. The summed E-state index contributed by atoms with van der Waals surface area (Å²) in [6.07, 6.45) is -0.587. The average molecular weight is 655 g/mol. The van der Waals surface area contributed by atoms with E-state index >= 15 is 0 Å². The second-order valence-electron chi connectivity index (χ2n) is 15.8. The molecular formula is C33H58N4O9. The lowest BCUT2D eigenvalue weighted by atomic mass is 9.85. The summed E-state index contributed by atoms with van der Waals surface area (Å²) in [5, 5.41) is 7.80. The molecule has 13 nitrogen and oxygen atoms in total. The Kier molecular flexibility index (Phi) is 14.2. The molecular weight excluding hydrogens is 596 g/mol. The number of ether oxygens (including phenoxy) is 3. The van der Waals surface area contributed by atoms with Crippen molar-refractivity contribution in [3.63, 3.8) is 0 Å². The second-order valence-corrected chi connectivity index (χ2v) is 15.8. The summed E-state index contributed by atoms with van der Waals surface area (Å²) in [5.74, 6) is -3.45. The molecule has 1 saturated heterocycles. The molecule has 1 aliphatic heterocycles. The summed E-state index contributed by atoms with van der Waals surface area (Å²) < 4.78 is 16.8. The quantitative estimate of drug-likeness (QED) is 0.211. The number of Topliss-reactive ketones (excluding diaryl/α,β-unsaturated/α-hetero) is 1. The van der Waals surface area contributed by atoms with Gasteiger partial charge in [-0.25, -0.2) is 4.79 Å². The van der Waals surface area contributed by atoms with E-state index in [1.54, 1.807) is 62.3 Å². The molecule has 1 rings (SSSR count). The monoisotopic (exact) mass is 654 g/mol. The molecule has 0 aromatic rings. The number of hydrogen-bond donors (Lipinski definition) is 3. The number of alkyl carbamates (subject to hydrolysis) is 1. The molecule has 0 radical (unpaired) electrons. The Bertz CT molecular complexity index is 1110. The van der Waals surface area contributed by atoms with Gasteiger partial charge in [-0.3, -0.25) is 24.0 Å². The van der Waals surface area contributed by atoms with Gasteiger partial charge in [0, 0.05) is 19.5 Å². The minimum Gasteiger partial charge on any atom is -0.460 e. The first-order valence-corrected chi connectivity index (χ1v) is 16.1. The van der Waals surface area contributed by atoms with Crippen LogP contribution in [0.25, 0.3) is 0 Å². The van der Waals surface area contributed by atoms with Gasteiger partial charge in [-0.1, -0.05) is 34.1 Å². The zero-order chi connectivity index (χ0) is 35.8. The molecule has 46 heavy (non-hydrogen) atoms. The number of carbonyl (C=O) groups excluding carboxylic acids is 6. The van der Waals surface area contributed by atoms with Crippen molar-refractivity contribution in [2.45, 2.75) is 157 Å². The molecule has 4 atom stereocenters. The number of hydrogen-bond acceptors (Lipinski definition) is 9. The lowest BCUT2D eigenvalue weighted by molar-refractivity contribution is -0.154. The van der Waals surface area contributed by atoms with Gasteiger partial charge in [0.2, 0.25) is 17.6 Å². The fraction of sp³-hybridized carbons (Fsp3) is 0.818. The third kappa shape index (κ3) is 14.5. The molecule has 1 heterocycles. The van der Waals surface area contributed by atoms with Crippen LogP contribution >= 0.6 is 0 Å². The largest absolute Gasteiger partial charge is 0.460 e. The van der Waals surface area contributed by atoms with E-state index in [2.05, 4.69) is 16.0 Å². The van der Waals surface area contributed by atoms with Crippen molar-refractivity contribution >= 4 is 35.6 Å². The molecule has 1 fully saturated rings. The highest BCUT2D eigenvalue weighted by Crippen LogP contribution is 2.29. The zero-order valence-electron chi connectivity index (χ0n) is 30.2. The van der Waals surface area contributed by atoms with Crippen LogP contribution in [0.15, 0.2) is 0 Å². The summed E-state index contributed by atoms with van der Waals surface area (Å²) in [6, 6.07) is -3.24. The molecule has 0 spiro atoms. The van der Waals surface area contributed by atoms with E-state index < -0.39 is 82.0 Å². The van der Waals surface area contributed by atoms with E-state index in [1.807, 2.05) is 27.7 Å². The van der Waals surface area contributed by atoms with Gasteiger partial charge in [0.15, 0.2) is 0 Å². The van der Waals surface area contributed by atoms with Crippen LogP contribution in [0.5, 0.6) is 0 Å². The summed E-state index contributed by atoms with van der Waals surface area (Å²) in [5.41, 5.74) is -2.80. The van der Waals surface area contributed by atoms with Crippen molar-refractivity contribution in [2.24, 2.45) is 5.41 Å².